The first-order chi connectivity index (χ1) is 16.0. The van der Waals surface area contributed by atoms with Crippen LogP contribution in [0.4, 0.5) is 0 Å². The molecule has 0 aliphatic heterocycles. The average molecular weight is 469 g/mol. The maximum Gasteiger partial charge on any atom is 0.220 e. The van der Waals surface area contributed by atoms with Crippen molar-refractivity contribution in [2.75, 3.05) is 33.2 Å². The number of benzene rings is 1. The number of phenols is 1. The van der Waals surface area contributed by atoms with E-state index < -0.39 is 0 Å². The van der Waals surface area contributed by atoms with Gasteiger partial charge in [-0.1, -0.05) is 40.0 Å². The maximum absolute atomic E-state index is 12.5. The number of aromatic hydroxyl groups is 1. The van der Waals surface area contributed by atoms with Gasteiger partial charge in [0, 0.05) is 24.9 Å². The second kappa shape index (κ2) is 11.5. The summed E-state index contributed by atoms with van der Waals surface area (Å²) in [5.41, 5.74) is 3.11. The molecule has 2 N–H and O–H groups in total. The van der Waals surface area contributed by atoms with Crippen LogP contribution < -0.4 is 5.32 Å². The number of aryl methyl sites for hydroxylation is 1. The fourth-order valence-electron chi connectivity index (χ4n) is 3.85. The summed E-state index contributed by atoms with van der Waals surface area (Å²) in [7, 11) is 2.25. The summed E-state index contributed by atoms with van der Waals surface area (Å²) in [6.07, 6.45) is 5.12. The highest BCUT2D eigenvalue weighted by molar-refractivity contribution is 5.76. The summed E-state index contributed by atoms with van der Waals surface area (Å²) in [4.78, 5) is 13.9. The lowest BCUT2D eigenvalue weighted by atomic mass is 9.84. The standard InChI is InChI=1S/C27H41N5O2/c1-9-22-23(10-2)30-31(29-22)24-19-20(18-21(26(24)34)27(5,6)7)14-15-25(33)28-16-13-17-32(8,11-3)12-4/h9-10,18-19H,1-2,11-17H2,3-8H3,(H-,28,33,34)/p+1. The zero-order valence-corrected chi connectivity index (χ0v) is 21.8. The quantitative estimate of drug-likeness (QED) is 0.355. The highest BCUT2D eigenvalue weighted by Gasteiger charge is 2.24. The van der Waals surface area contributed by atoms with Gasteiger partial charge in [0.1, 0.15) is 22.8 Å². The van der Waals surface area contributed by atoms with Crippen LogP contribution in [0.25, 0.3) is 17.8 Å². The van der Waals surface area contributed by atoms with Gasteiger partial charge in [0.2, 0.25) is 5.91 Å². The van der Waals surface area contributed by atoms with E-state index >= 15 is 0 Å². The number of quaternary nitrogens is 1. The Balaban J connectivity index is 2.17. The number of phenolic OH excluding ortho intramolecular Hbond substituents is 1. The molecular weight excluding hydrogens is 426 g/mol. The van der Waals surface area contributed by atoms with Crippen molar-refractivity contribution in [3.63, 3.8) is 0 Å². The first kappa shape index (κ1) is 27.3. The number of aromatic nitrogens is 3. The second-order valence-corrected chi connectivity index (χ2v) is 10.1. The first-order valence-corrected chi connectivity index (χ1v) is 12.2. The van der Waals surface area contributed by atoms with Crippen LogP contribution in [0.5, 0.6) is 5.75 Å². The van der Waals surface area contributed by atoms with E-state index in [0.717, 1.165) is 41.7 Å². The van der Waals surface area contributed by atoms with Gasteiger partial charge in [-0.2, -0.15) is 0 Å². The monoisotopic (exact) mass is 468 g/mol. The van der Waals surface area contributed by atoms with E-state index in [4.69, 9.17) is 0 Å². The molecule has 0 radical (unpaired) electrons. The van der Waals surface area contributed by atoms with Crippen molar-refractivity contribution < 1.29 is 14.4 Å². The number of rotatable bonds is 12. The van der Waals surface area contributed by atoms with Crippen molar-refractivity contribution >= 4 is 18.1 Å². The summed E-state index contributed by atoms with van der Waals surface area (Å²) < 4.78 is 1.02. The number of hydrogen-bond acceptors (Lipinski definition) is 4. The van der Waals surface area contributed by atoms with Crippen LogP contribution in [-0.2, 0) is 16.6 Å². The molecule has 0 fully saturated rings. The average Bonchev–Trinajstić information content (AvgIpc) is 3.23. The highest BCUT2D eigenvalue weighted by Crippen LogP contribution is 2.36. The maximum atomic E-state index is 12.5. The van der Waals surface area contributed by atoms with Crippen LogP contribution in [-0.4, -0.2) is 63.7 Å². The zero-order chi connectivity index (χ0) is 25.5. The third-order valence-electron chi connectivity index (χ3n) is 6.59. The number of nitrogens with one attached hydrogen (secondary N) is 1. The molecule has 0 atom stereocenters. The van der Waals surface area contributed by atoms with Gasteiger partial charge in [0.05, 0.1) is 26.7 Å². The molecule has 0 bridgehead atoms. The lowest BCUT2D eigenvalue weighted by Gasteiger charge is -2.32. The molecule has 186 valence electrons. The largest absolute Gasteiger partial charge is 0.505 e. The summed E-state index contributed by atoms with van der Waals surface area (Å²) >= 11 is 0. The van der Waals surface area contributed by atoms with Crippen LogP contribution in [0.2, 0.25) is 0 Å². The van der Waals surface area contributed by atoms with Crippen molar-refractivity contribution in [1.82, 2.24) is 20.3 Å². The SMILES string of the molecule is C=Cc1nn(-c2cc(CCC(=O)NCCC[N+](C)(CC)CC)cc(C(C)(C)C)c2O)nc1C=C. The van der Waals surface area contributed by atoms with Gasteiger partial charge in [-0.25, -0.2) is 0 Å². The molecule has 0 saturated heterocycles. The number of carbonyl (C=O) groups is 1. The van der Waals surface area contributed by atoms with E-state index in [9.17, 15) is 9.90 Å². The third-order valence-corrected chi connectivity index (χ3v) is 6.59. The molecule has 0 aliphatic rings. The minimum atomic E-state index is -0.295. The molecule has 7 heteroatoms. The van der Waals surface area contributed by atoms with Gasteiger partial charge in [-0.3, -0.25) is 4.79 Å². The molecule has 1 heterocycles. The molecule has 0 saturated carbocycles. The lowest BCUT2D eigenvalue weighted by molar-refractivity contribution is -0.906. The molecule has 7 nitrogen and oxygen atoms in total. The fourth-order valence-corrected chi connectivity index (χ4v) is 3.85. The Morgan fingerprint density at radius 1 is 1.15 bits per heavy atom. The van der Waals surface area contributed by atoms with Crippen molar-refractivity contribution in [3.05, 3.63) is 47.8 Å². The summed E-state index contributed by atoms with van der Waals surface area (Å²) in [6, 6.07) is 3.83. The number of carbonyl (C=O) groups excluding carboxylic acids is 1. The Morgan fingerprint density at radius 3 is 2.24 bits per heavy atom. The van der Waals surface area contributed by atoms with Crippen LogP contribution in [0.1, 0.15) is 70.0 Å². The molecule has 34 heavy (non-hydrogen) atoms. The van der Waals surface area contributed by atoms with Crippen molar-refractivity contribution in [2.45, 2.75) is 59.3 Å². The van der Waals surface area contributed by atoms with Gasteiger partial charge >= 0.3 is 0 Å². The van der Waals surface area contributed by atoms with Gasteiger partial charge in [0.25, 0.3) is 0 Å². The number of amides is 1. The van der Waals surface area contributed by atoms with Crippen molar-refractivity contribution in [3.8, 4) is 11.4 Å². The Bertz CT molecular complexity index is 987. The predicted octanol–water partition coefficient (Wildman–Crippen LogP) is 4.48. The van der Waals surface area contributed by atoms with Crippen LogP contribution in [0.15, 0.2) is 25.3 Å². The number of hydrogen-bond donors (Lipinski definition) is 2. The third kappa shape index (κ3) is 6.79. The van der Waals surface area contributed by atoms with E-state index in [1.165, 1.54) is 4.80 Å². The topological polar surface area (TPSA) is 80.0 Å². The Kier molecular flexibility index (Phi) is 9.21. The van der Waals surface area contributed by atoms with Crippen LogP contribution >= 0.6 is 0 Å². The smallest absolute Gasteiger partial charge is 0.220 e. The molecule has 1 aromatic carbocycles. The highest BCUT2D eigenvalue weighted by atomic mass is 16.3. The summed E-state index contributed by atoms with van der Waals surface area (Å²) in [5.74, 6) is 0.171. The van der Waals surface area contributed by atoms with Gasteiger partial charge in [0.15, 0.2) is 0 Å². The second-order valence-electron chi connectivity index (χ2n) is 10.1. The van der Waals surface area contributed by atoms with E-state index in [-0.39, 0.29) is 17.1 Å². The molecule has 0 spiro atoms. The molecule has 0 unspecified atom stereocenters. The fraction of sp³-hybridized carbons (Fsp3) is 0.519. The van der Waals surface area contributed by atoms with E-state index in [2.05, 4.69) is 49.6 Å². The minimum Gasteiger partial charge on any atom is -0.505 e. The van der Waals surface area contributed by atoms with Crippen LogP contribution in [0.3, 0.4) is 0 Å². The Morgan fingerprint density at radius 2 is 1.74 bits per heavy atom. The van der Waals surface area contributed by atoms with Gasteiger partial charge < -0.3 is 14.9 Å². The molecule has 2 aromatic rings. The molecular formula is C27H42N5O2+. The van der Waals surface area contributed by atoms with E-state index in [0.29, 0.717) is 36.5 Å². The van der Waals surface area contributed by atoms with Gasteiger partial charge in [-0.05, 0) is 49.5 Å². The Labute approximate surface area is 204 Å². The lowest BCUT2D eigenvalue weighted by Crippen LogP contribution is -2.45. The molecule has 1 amide bonds. The zero-order valence-electron chi connectivity index (χ0n) is 21.8. The summed E-state index contributed by atoms with van der Waals surface area (Å²) in [6.45, 7) is 22.0. The minimum absolute atomic E-state index is 0.0363. The van der Waals surface area contributed by atoms with Gasteiger partial charge in [-0.15, -0.1) is 15.0 Å². The molecule has 0 aliphatic carbocycles. The predicted molar refractivity (Wildman–Crippen MR) is 140 cm³/mol. The van der Waals surface area contributed by atoms with E-state index in [1.807, 2.05) is 32.9 Å². The summed E-state index contributed by atoms with van der Waals surface area (Å²) in [5, 5.41) is 23.0. The van der Waals surface area contributed by atoms with Crippen molar-refractivity contribution in [1.29, 1.82) is 0 Å². The van der Waals surface area contributed by atoms with Crippen molar-refractivity contribution in [2.24, 2.45) is 0 Å². The van der Waals surface area contributed by atoms with Crippen LogP contribution in [0, 0.1) is 0 Å². The normalized spacial score (nSPS) is 11.9. The van der Waals surface area contributed by atoms with E-state index in [1.54, 1.807) is 12.2 Å². The molecule has 2 rings (SSSR count). The molecule has 1 aromatic heterocycles. The Hall–Kier alpha value is -2.93. The first-order valence-electron chi connectivity index (χ1n) is 12.2. The number of nitrogens with zero attached hydrogens (tertiary/aromatic N) is 4.